The molecular weight excluding hydrogens is 579 g/mol. The van der Waals surface area contributed by atoms with E-state index in [1.54, 1.807) is 0 Å². The van der Waals surface area contributed by atoms with Gasteiger partial charge in [0, 0.05) is 6.07 Å². The molecule has 0 saturated heterocycles. The molecule has 3 N–H and O–H groups in total. The quantitative estimate of drug-likeness (QED) is 0.281. The maximum atomic E-state index is 13.9. The first kappa shape index (κ1) is 32.4. The number of hydrogen-bond donors (Lipinski definition) is 3. The van der Waals surface area contributed by atoms with Crippen molar-refractivity contribution in [3.8, 4) is 0 Å². The van der Waals surface area contributed by atoms with E-state index in [2.05, 4.69) is 0 Å². The topological polar surface area (TPSA) is 76.8 Å². The predicted molar refractivity (Wildman–Crippen MR) is 81.5 cm³/mol. The van der Waals surface area contributed by atoms with Crippen LogP contribution in [0.5, 0.6) is 0 Å². The van der Waals surface area contributed by atoms with Crippen LogP contribution < -0.4 is 10.5 Å². The number of halogens is 17. The SMILES string of the molecule is O=C(Nc1ccccc1[NH+]([O-])O)C(F)(F)C(F)(F)C(F)(F)C(F)(F)C(F)(F)C(F)(F)C(F)(F)C(F)(F)F. The zero-order chi connectivity index (χ0) is 29.8. The van der Waals surface area contributed by atoms with Crippen LogP contribution in [0.2, 0.25) is 0 Å². The standard InChI is InChI=1S/C15H7F17N2O3/c16-8(17,7(35)33-5-3-1-2-4-6(5)34(36)37)9(18,19)10(20,21)11(22,23)12(24,25)13(26,27)14(28,29)15(30,31)32/h1-4,34,36H,(H,33,35). The third kappa shape index (κ3) is 4.51. The second-order valence-corrected chi connectivity index (χ2v) is 6.82. The highest BCUT2D eigenvalue weighted by Crippen LogP contribution is 2.64. The summed E-state index contributed by atoms with van der Waals surface area (Å²) in [5.41, 5.74) is -2.64. The number of nitrogens with one attached hydrogen (secondary N) is 2. The molecule has 1 amide bonds. The number of rotatable bonds is 9. The highest BCUT2D eigenvalue weighted by molar-refractivity contribution is 5.98. The average Bonchev–Trinajstić information content (AvgIpc) is 2.72. The summed E-state index contributed by atoms with van der Waals surface area (Å²) in [5, 5.41) is 18.1. The van der Waals surface area contributed by atoms with Gasteiger partial charge in [0.1, 0.15) is 5.69 Å². The normalized spacial score (nSPS) is 16.0. The first-order valence-corrected chi connectivity index (χ1v) is 8.42. The van der Waals surface area contributed by atoms with Gasteiger partial charge >= 0.3 is 53.5 Å². The minimum Gasteiger partial charge on any atom is -0.595 e. The molecule has 0 fully saturated rings. The Bertz CT molecular complexity index is 1010. The third-order valence-corrected chi connectivity index (χ3v) is 4.41. The fraction of sp³-hybridized carbons (Fsp3) is 0.533. The molecule has 22 heteroatoms. The van der Waals surface area contributed by atoms with E-state index in [-0.39, 0.29) is 0 Å². The Morgan fingerprint density at radius 1 is 0.649 bits per heavy atom. The number of quaternary nitrogens is 1. The molecule has 0 aliphatic heterocycles. The maximum Gasteiger partial charge on any atom is 0.460 e. The summed E-state index contributed by atoms with van der Waals surface area (Å²) >= 11 is 0. The van der Waals surface area contributed by atoms with Crippen LogP contribution in [0, 0.1) is 5.21 Å². The molecule has 0 bridgehead atoms. The molecule has 1 rings (SSSR count). The number of carbonyl (C=O) groups excluding carboxylic acids is 1. The van der Waals surface area contributed by atoms with Crippen molar-refractivity contribution in [1.82, 2.24) is 0 Å². The second-order valence-electron chi connectivity index (χ2n) is 6.82. The van der Waals surface area contributed by atoms with Crippen molar-refractivity contribution in [3.63, 3.8) is 0 Å². The summed E-state index contributed by atoms with van der Waals surface area (Å²) in [6.45, 7) is 0. The third-order valence-electron chi connectivity index (χ3n) is 4.41. The molecule has 5 nitrogen and oxygen atoms in total. The second kappa shape index (κ2) is 8.99. The zero-order valence-corrected chi connectivity index (χ0v) is 16.5. The van der Waals surface area contributed by atoms with E-state index in [0.717, 1.165) is 6.07 Å². The molecule has 0 aromatic heterocycles. The van der Waals surface area contributed by atoms with E-state index in [1.807, 2.05) is 0 Å². The van der Waals surface area contributed by atoms with E-state index in [1.165, 1.54) is 0 Å². The molecule has 1 aromatic carbocycles. The Labute approximate surface area is 190 Å². The number of amides is 1. The number of anilines is 1. The van der Waals surface area contributed by atoms with E-state index >= 15 is 0 Å². The van der Waals surface area contributed by atoms with Crippen molar-refractivity contribution in [1.29, 1.82) is 0 Å². The lowest BCUT2D eigenvalue weighted by atomic mass is 9.88. The van der Waals surface area contributed by atoms with Gasteiger partial charge in [-0.15, -0.1) is 0 Å². The first-order chi connectivity index (χ1) is 16.1. The number of carbonyl (C=O) groups is 1. The fourth-order valence-electron chi connectivity index (χ4n) is 2.29. The molecule has 0 heterocycles. The molecule has 0 radical (unpaired) electrons. The molecule has 37 heavy (non-hydrogen) atoms. The van der Waals surface area contributed by atoms with Crippen LogP contribution in [0.25, 0.3) is 0 Å². The average molecular weight is 586 g/mol. The number of para-hydroxylation sites is 2. The van der Waals surface area contributed by atoms with Crippen molar-refractivity contribution in [3.05, 3.63) is 29.5 Å². The van der Waals surface area contributed by atoms with Crippen molar-refractivity contribution < 1.29 is 89.9 Å². The van der Waals surface area contributed by atoms with Gasteiger partial charge in [-0.25, -0.2) is 5.21 Å². The van der Waals surface area contributed by atoms with Gasteiger partial charge in [-0.3, -0.25) is 4.79 Å². The van der Waals surface area contributed by atoms with Gasteiger partial charge in [0.25, 0.3) is 0 Å². The molecule has 0 aliphatic carbocycles. The van der Waals surface area contributed by atoms with Crippen molar-refractivity contribution in [2.45, 2.75) is 47.6 Å². The Balaban J connectivity index is 3.61. The largest absolute Gasteiger partial charge is 0.595 e. The van der Waals surface area contributed by atoms with Crippen molar-refractivity contribution in [2.24, 2.45) is 0 Å². The Hall–Kier alpha value is -2.62. The van der Waals surface area contributed by atoms with Gasteiger partial charge in [0.15, 0.2) is 5.69 Å². The molecule has 1 aromatic rings. The summed E-state index contributed by atoms with van der Waals surface area (Å²) in [4.78, 5) is 11.4. The summed E-state index contributed by atoms with van der Waals surface area (Å²) in [5.74, 6) is -62.7. The van der Waals surface area contributed by atoms with Crippen LogP contribution in [-0.2, 0) is 4.79 Å². The number of hydrogen-bond acceptors (Lipinski definition) is 3. The van der Waals surface area contributed by atoms with Crippen LogP contribution in [0.4, 0.5) is 86.0 Å². The minimum absolute atomic E-state index is 0.330. The molecule has 214 valence electrons. The highest BCUT2D eigenvalue weighted by atomic mass is 19.4. The maximum absolute atomic E-state index is 13.9. The van der Waals surface area contributed by atoms with Crippen molar-refractivity contribution in [2.75, 3.05) is 5.32 Å². The van der Waals surface area contributed by atoms with Crippen LogP contribution in [0.3, 0.4) is 0 Å². The smallest absolute Gasteiger partial charge is 0.460 e. The Morgan fingerprint density at radius 2 is 1.00 bits per heavy atom. The van der Waals surface area contributed by atoms with Crippen LogP contribution >= 0.6 is 0 Å². The molecular formula is C15H7F17N2O3. The van der Waals surface area contributed by atoms with Gasteiger partial charge in [-0.2, -0.15) is 79.9 Å². The molecule has 1 atom stereocenters. The zero-order valence-electron chi connectivity index (χ0n) is 16.5. The summed E-state index contributed by atoms with van der Waals surface area (Å²) in [6, 6.07) is 2.32. The minimum atomic E-state index is -8.83. The van der Waals surface area contributed by atoms with Crippen LogP contribution in [0.15, 0.2) is 24.3 Å². The summed E-state index contributed by atoms with van der Waals surface area (Å²) in [6.07, 6.45) is -7.88. The van der Waals surface area contributed by atoms with E-state index < -0.39 is 70.1 Å². The predicted octanol–water partition coefficient (Wildman–Crippen LogP) is 5.04. The Morgan fingerprint density at radius 3 is 1.38 bits per heavy atom. The number of alkyl halides is 17. The Kier molecular flexibility index (Phi) is 7.88. The summed E-state index contributed by atoms with van der Waals surface area (Å²) < 4.78 is 224. The summed E-state index contributed by atoms with van der Waals surface area (Å²) in [7, 11) is 0. The molecule has 0 aliphatic rings. The number of benzene rings is 1. The van der Waals surface area contributed by atoms with E-state index in [9.17, 15) is 84.6 Å². The fourth-order valence-corrected chi connectivity index (χ4v) is 2.29. The van der Waals surface area contributed by atoms with Crippen LogP contribution in [-0.4, -0.2) is 58.7 Å². The van der Waals surface area contributed by atoms with Gasteiger partial charge in [-0.05, 0) is 6.07 Å². The van der Waals surface area contributed by atoms with Gasteiger partial charge in [0.05, 0.1) is 0 Å². The van der Waals surface area contributed by atoms with E-state index in [0.29, 0.717) is 23.5 Å². The van der Waals surface area contributed by atoms with Gasteiger partial charge in [0.2, 0.25) is 0 Å². The lowest BCUT2D eigenvalue weighted by Crippen LogP contribution is -2.99. The van der Waals surface area contributed by atoms with Crippen molar-refractivity contribution >= 4 is 17.3 Å². The molecule has 0 saturated carbocycles. The first-order valence-electron chi connectivity index (χ1n) is 8.42. The lowest BCUT2D eigenvalue weighted by molar-refractivity contribution is -0.990. The van der Waals surface area contributed by atoms with Gasteiger partial charge in [-0.1, -0.05) is 12.1 Å². The van der Waals surface area contributed by atoms with Crippen LogP contribution in [0.1, 0.15) is 0 Å². The molecule has 0 spiro atoms. The van der Waals surface area contributed by atoms with E-state index in [4.69, 9.17) is 5.21 Å². The lowest BCUT2D eigenvalue weighted by Gasteiger charge is -2.42. The highest BCUT2D eigenvalue weighted by Gasteiger charge is 2.95. The monoisotopic (exact) mass is 586 g/mol. The molecule has 1 unspecified atom stereocenters. The van der Waals surface area contributed by atoms with Gasteiger partial charge < -0.3 is 10.5 Å².